The van der Waals surface area contributed by atoms with Gasteiger partial charge in [0.1, 0.15) is 5.75 Å². The second kappa shape index (κ2) is 6.87. The molecule has 0 radical (unpaired) electrons. The summed E-state index contributed by atoms with van der Waals surface area (Å²) in [4.78, 5) is 4.46. The van der Waals surface area contributed by atoms with Gasteiger partial charge >= 0.3 is 0 Å². The number of rotatable bonds is 5. The first kappa shape index (κ1) is 17.5. The molecule has 0 fully saturated rings. The number of aromatic nitrogens is 4. The topological polar surface area (TPSA) is 87.1 Å². The van der Waals surface area contributed by atoms with Gasteiger partial charge in [-0.1, -0.05) is 49.8 Å². The van der Waals surface area contributed by atoms with E-state index in [-0.39, 0.29) is 10.7 Å². The van der Waals surface area contributed by atoms with E-state index in [1.807, 2.05) is 52.0 Å². The van der Waals surface area contributed by atoms with E-state index in [4.69, 9.17) is 13.7 Å². The van der Waals surface area contributed by atoms with Crippen LogP contribution in [0.25, 0.3) is 11.5 Å². The summed E-state index contributed by atoms with van der Waals surface area (Å²) < 4.78 is 16.4. The van der Waals surface area contributed by atoms with Gasteiger partial charge in [0.05, 0.1) is 17.9 Å². The molecule has 1 atom stereocenters. The van der Waals surface area contributed by atoms with Gasteiger partial charge in [0.25, 0.3) is 11.1 Å². The van der Waals surface area contributed by atoms with E-state index >= 15 is 0 Å². The third-order valence-electron chi connectivity index (χ3n) is 3.48. The van der Waals surface area contributed by atoms with Crippen molar-refractivity contribution in [3.63, 3.8) is 0 Å². The van der Waals surface area contributed by atoms with E-state index < -0.39 is 0 Å². The summed E-state index contributed by atoms with van der Waals surface area (Å²) in [6, 6.07) is 7.50. The van der Waals surface area contributed by atoms with Crippen LogP contribution in [0.5, 0.6) is 5.75 Å². The minimum Gasteiger partial charge on any atom is -0.496 e. The fourth-order valence-corrected chi connectivity index (χ4v) is 2.81. The van der Waals surface area contributed by atoms with Crippen LogP contribution in [0.4, 0.5) is 0 Å². The Kier molecular flexibility index (Phi) is 4.80. The lowest BCUT2D eigenvalue weighted by atomic mass is 9.96. The lowest BCUT2D eigenvalue weighted by Crippen LogP contribution is -2.13. The molecule has 7 nitrogen and oxygen atoms in total. The summed E-state index contributed by atoms with van der Waals surface area (Å²) in [7, 11) is 1.61. The highest BCUT2D eigenvalue weighted by molar-refractivity contribution is 7.99. The number of nitrogens with zero attached hydrogens (tertiary/aromatic N) is 4. The Balaban J connectivity index is 1.76. The van der Waals surface area contributed by atoms with Gasteiger partial charge in [-0.2, -0.15) is 4.98 Å². The van der Waals surface area contributed by atoms with E-state index in [0.717, 1.165) is 5.56 Å². The van der Waals surface area contributed by atoms with Crippen molar-refractivity contribution in [1.29, 1.82) is 0 Å². The molecule has 0 N–H and O–H groups in total. The number of para-hydroxylation sites is 1. The van der Waals surface area contributed by atoms with E-state index in [1.165, 1.54) is 11.8 Å². The third-order valence-corrected chi connectivity index (χ3v) is 4.40. The van der Waals surface area contributed by atoms with E-state index in [2.05, 4.69) is 20.3 Å². The standard InChI is InChI=1S/C17H20N4O3S/c1-10(13-18-15(21-24-13)17(2,3)4)25-16-20-19-14(23-16)11-8-6-7-9-12(11)22-5/h6-10H,1-5H3/t10-/m1/s1. The number of ether oxygens (including phenoxy) is 1. The van der Waals surface area contributed by atoms with Crippen molar-refractivity contribution in [3.05, 3.63) is 36.0 Å². The molecule has 0 amide bonds. The van der Waals surface area contributed by atoms with Crippen LogP contribution in [0.1, 0.15) is 44.7 Å². The van der Waals surface area contributed by atoms with Crippen LogP contribution < -0.4 is 4.74 Å². The second-order valence-electron chi connectivity index (χ2n) is 6.54. The molecule has 25 heavy (non-hydrogen) atoms. The van der Waals surface area contributed by atoms with Gasteiger partial charge in [-0.15, -0.1) is 10.2 Å². The highest BCUT2D eigenvalue weighted by Crippen LogP contribution is 2.36. The molecule has 8 heteroatoms. The number of hydrogen-bond acceptors (Lipinski definition) is 8. The van der Waals surface area contributed by atoms with Gasteiger partial charge in [-0.05, 0) is 19.1 Å². The highest BCUT2D eigenvalue weighted by atomic mass is 32.2. The van der Waals surface area contributed by atoms with Crippen LogP contribution in [-0.2, 0) is 5.41 Å². The van der Waals surface area contributed by atoms with Crippen LogP contribution in [-0.4, -0.2) is 27.4 Å². The van der Waals surface area contributed by atoms with Crippen molar-refractivity contribution in [2.75, 3.05) is 7.11 Å². The van der Waals surface area contributed by atoms with Gasteiger partial charge in [-0.3, -0.25) is 0 Å². The predicted octanol–water partition coefficient (Wildman–Crippen LogP) is 4.28. The normalized spacial score (nSPS) is 13.0. The molecule has 0 aliphatic heterocycles. The van der Waals surface area contributed by atoms with E-state index in [0.29, 0.717) is 28.6 Å². The molecule has 0 aliphatic rings. The first-order chi connectivity index (χ1) is 11.9. The van der Waals surface area contributed by atoms with Crippen LogP contribution >= 0.6 is 11.8 Å². The number of methoxy groups -OCH3 is 1. The fraction of sp³-hybridized carbons (Fsp3) is 0.412. The maximum atomic E-state index is 5.75. The van der Waals surface area contributed by atoms with E-state index in [1.54, 1.807) is 7.11 Å². The van der Waals surface area contributed by atoms with Gasteiger partial charge < -0.3 is 13.7 Å². The molecule has 2 heterocycles. The maximum absolute atomic E-state index is 5.75. The molecule has 1 aromatic carbocycles. The monoisotopic (exact) mass is 360 g/mol. The second-order valence-corrected chi connectivity index (χ2v) is 7.83. The molecule has 132 valence electrons. The fourth-order valence-electron chi connectivity index (χ4n) is 2.09. The van der Waals surface area contributed by atoms with Crippen molar-refractivity contribution >= 4 is 11.8 Å². The molecule has 0 bridgehead atoms. The summed E-state index contributed by atoms with van der Waals surface area (Å²) in [5.41, 5.74) is 0.595. The third kappa shape index (κ3) is 3.84. The number of hydrogen-bond donors (Lipinski definition) is 0. The van der Waals surface area contributed by atoms with Crippen LogP contribution in [0, 0.1) is 0 Å². The molecule has 0 spiro atoms. The van der Waals surface area contributed by atoms with Gasteiger partial charge in [0.15, 0.2) is 5.82 Å². The molecule has 0 saturated carbocycles. The Labute approximate surface area is 150 Å². The first-order valence-electron chi connectivity index (χ1n) is 7.86. The molecular formula is C17H20N4O3S. The zero-order valence-electron chi connectivity index (χ0n) is 14.8. The lowest BCUT2D eigenvalue weighted by Gasteiger charge is -2.11. The Morgan fingerprint density at radius 2 is 1.92 bits per heavy atom. The van der Waals surface area contributed by atoms with Crippen molar-refractivity contribution < 1.29 is 13.7 Å². The lowest BCUT2D eigenvalue weighted by molar-refractivity contribution is 0.363. The molecule has 0 saturated heterocycles. The zero-order chi connectivity index (χ0) is 18.0. The van der Waals surface area contributed by atoms with Crippen LogP contribution in [0.15, 0.2) is 38.4 Å². The maximum Gasteiger partial charge on any atom is 0.277 e. The van der Waals surface area contributed by atoms with Gasteiger partial charge in [-0.25, -0.2) is 0 Å². The number of benzene rings is 1. The van der Waals surface area contributed by atoms with Crippen molar-refractivity contribution in [2.45, 2.75) is 43.6 Å². The smallest absolute Gasteiger partial charge is 0.277 e. The Bertz CT molecular complexity index is 853. The van der Waals surface area contributed by atoms with E-state index in [9.17, 15) is 0 Å². The summed E-state index contributed by atoms with van der Waals surface area (Å²) in [6.45, 7) is 8.07. The molecule has 2 aromatic heterocycles. The van der Waals surface area contributed by atoms with Crippen molar-refractivity contribution in [2.24, 2.45) is 0 Å². The predicted molar refractivity (Wildman–Crippen MR) is 93.6 cm³/mol. The zero-order valence-corrected chi connectivity index (χ0v) is 15.6. The Morgan fingerprint density at radius 3 is 2.60 bits per heavy atom. The molecule has 3 aromatic rings. The minimum atomic E-state index is -0.159. The van der Waals surface area contributed by atoms with Crippen LogP contribution in [0.3, 0.4) is 0 Å². The summed E-state index contributed by atoms with van der Waals surface area (Å²) in [5.74, 6) is 2.30. The summed E-state index contributed by atoms with van der Waals surface area (Å²) >= 11 is 1.37. The van der Waals surface area contributed by atoms with Crippen LogP contribution in [0.2, 0.25) is 0 Å². The molecule has 3 rings (SSSR count). The highest BCUT2D eigenvalue weighted by Gasteiger charge is 2.25. The average Bonchev–Trinajstić information content (AvgIpc) is 3.23. The average molecular weight is 360 g/mol. The first-order valence-corrected chi connectivity index (χ1v) is 8.74. The molecule has 0 aliphatic carbocycles. The minimum absolute atomic E-state index is 0.102. The quantitative estimate of drug-likeness (QED) is 0.623. The van der Waals surface area contributed by atoms with Gasteiger partial charge in [0, 0.05) is 5.41 Å². The molecule has 0 unspecified atom stereocenters. The largest absolute Gasteiger partial charge is 0.496 e. The van der Waals surface area contributed by atoms with Crippen molar-refractivity contribution in [1.82, 2.24) is 20.3 Å². The van der Waals surface area contributed by atoms with Gasteiger partial charge in [0.2, 0.25) is 5.89 Å². The summed E-state index contributed by atoms with van der Waals surface area (Å²) in [5, 5.41) is 12.6. The summed E-state index contributed by atoms with van der Waals surface area (Å²) in [6.07, 6.45) is 0. The molecular weight excluding hydrogens is 340 g/mol. The SMILES string of the molecule is COc1ccccc1-c1nnc(S[C@H](C)c2nc(C(C)(C)C)no2)o1. The number of thioether (sulfide) groups is 1. The Hall–Kier alpha value is -2.35. The van der Waals surface area contributed by atoms with Crippen molar-refractivity contribution in [3.8, 4) is 17.2 Å². The Morgan fingerprint density at radius 1 is 1.16 bits per heavy atom.